The van der Waals surface area contributed by atoms with Crippen LogP contribution in [-0.4, -0.2) is 69.6 Å². The van der Waals surface area contributed by atoms with E-state index in [9.17, 15) is 13.2 Å². The van der Waals surface area contributed by atoms with E-state index in [2.05, 4.69) is 48.7 Å². The second-order valence-electron chi connectivity index (χ2n) is 10.8. The molecule has 13 heteroatoms. The number of likely N-dealkylation sites (tertiary alicyclic amines) is 1. The van der Waals surface area contributed by atoms with E-state index >= 15 is 0 Å². The van der Waals surface area contributed by atoms with Gasteiger partial charge in [-0.3, -0.25) is 24.4 Å². The van der Waals surface area contributed by atoms with Crippen molar-refractivity contribution in [3.8, 4) is 16.5 Å². The first-order chi connectivity index (χ1) is 19.7. The fourth-order valence-corrected chi connectivity index (χ4v) is 7.36. The molecule has 0 aromatic carbocycles. The number of nitrogens with zero attached hydrogens (tertiary/aromatic N) is 5. The van der Waals surface area contributed by atoms with E-state index in [1.807, 2.05) is 6.92 Å². The number of ether oxygens (including phenoxy) is 1. The Hall–Kier alpha value is -3.16. The van der Waals surface area contributed by atoms with E-state index in [0.717, 1.165) is 25.8 Å². The molecule has 1 saturated heterocycles. The Balaban J connectivity index is 1.39. The number of pyridine rings is 1. The molecule has 2 aliphatic rings. The van der Waals surface area contributed by atoms with Crippen LogP contribution in [0, 0.1) is 0 Å². The van der Waals surface area contributed by atoms with Crippen molar-refractivity contribution in [3.05, 3.63) is 47.6 Å². The molecule has 5 rings (SSSR count). The van der Waals surface area contributed by atoms with Crippen molar-refractivity contribution in [2.45, 2.75) is 82.7 Å². The quantitative estimate of drug-likeness (QED) is 0.310. The number of anilines is 1. The zero-order chi connectivity index (χ0) is 29.0. The van der Waals surface area contributed by atoms with E-state index in [1.165, 1.54) is 11.3 Å². The van der Waals surface area contributed by atoms with E-state index in [4.69, 9.17) is 4.74 Å². The van der Waals surface area contributed by atoms with Crippen LogP contribution in [0.2, 0.25) is 0 Å². The van der Waals surface area contributed by atoms with E-state index < -0.39 is 16.1 Å². The Kier molecular flexibility index (Phi) is 9.15. The lowest BCUT2D eigenvalue weighted by atomic mass is 9.93. The maximum Gasteiger partial charge on any atom is 0.280 e. The zero-order valence-corrected chi connectivity index (χ0v) is 25.2. The summed E-state index contributed by atoms with van der Waals surface area (Å²) in [5.41, 5.74) is 1.64. The monoisotopic (exact) mass is 599 g/mol. The molecule has 11 nitrogen and oxygen atoms in total. The Morgan fingerprint density at radius 3 is 2.76 bits per heavy atom. The molecule has 1 saturated carbocycles. The summed E-state index contributed by atoms with van der Waals surface area (Å²) in [7, 11) is -3.43. The number of sulfonamides is 1. The predicted molar refractivity (Wildman–Crippen MR) is 158 cm³/mol. The molecule has 1 aliphatic heterocycles. The summed E-state index contributed by atoms with van der Waals surface area (Å²) >= 11 is 1.23. The summed E-state index contributed by atoms with van der Waals surface area (Å²) in [5, 5.41) is 3.12. The van der Waals surface area contributed by atoms with Crippen LogP contribution in [-0.2, 0) is 10.0 Å². The summed E-state index contributed by atoms with van der Waals surface area (Å²) in [6, 6.07) is 3.57. The van der Waals surface area contributed by atoms with Gasteiger partial charge in [-0.25, -0.2) is 18.4 Å². The van der Waals surface area contributed by atoms with Crippen LogP contribution >= 0.6 is 11.3 Å². The average Bonchev–Trinajstić information content (AvgIpc) is 3.71. The highest BCUT2D eigenvalue weighted by Gasteiger charge is 2.36. The summed E-state index contributed by atoms with van der Waals surface area (Å²) in [6.45, 7) is 7.74. The van der Waals surface area contributed by atoms with Gasteiger partial charge in [0, 0.05) is 24.5 Å². The normalized spacial score (nSPS) is 18.7. The van der Waals surface area contributed by atoms with Gasteiger partial charge in [-0.1, -0.05) is 6.42 Å². The first-order valence-electron chi connectivity index (χ1n) is 14.2. The number of carbonyl (C=O) groups is 1. The average molecular weight is 600 g/mol. The molecule has 2 atom stereocenters. The Morgan fingerprint density at radius 1 is 1.17 bits per heavy atom. The summed E-state index contributed by atoms with van der Waals surface area (Å²) in [4.78, 5) is 34.3. The van der Waals surface area contributed by atoms with Crippen molar-refractivity contribution < 1.29 is 17.9 Å². The number of hydrogen-bond donors (Lipinski definition) is 2. The predicted octanol–water partition coefficient (Wildman–Crippen LogP) is 4.42. The molecular weight excluding hydrogens is 562 g/mol. The number of piperidine rings is 1. The Morgan fingerprint density at radius 2 is 2.00 bits per heavy atom. The van der Waals surface area contributed by atoms with Crippen LogP contribution in [0.5, 0.6) is 5.88 Å². The van der Waals surface area contributed by atoms with Crippen LogP contribution in [0.3, 0.4) is 0 Å². The lowest BCUT2D eigenvalue weighted by molar-refractivity contribution is 0.0847. The molecule has 0 spiro atoms. The van der Waals surface area contributed by atoms with E-state index in [1.54, 1.807) is 36.9 Å². The summed E-state index contributed by atoms with van der Waals surface area (Å²) in [6.07, 6.45) is 11.7. The third kappa shape index (κ3) is 7.38. The fraction of sp³-hybridized carbons (Fsp3) is 0.536. The number of nitrogens with one attached hydrogen (secondary N) is 2. The largest absolute Gasteiger partial charge is 0.477 e. The van der Waals surface area contributed by atoms with Gasteiger partial charge in [-0.05, 0) is 71.6 Å². The van der Waals surface area contributed by atoms with Gasteiger partial charge in [0.2, 0.25) is 15.9 Å². The van der Waals surface area contributed by atoms with E-state index in [-0.39, 0.29) is 17.2 Å². The number of rotatable bonds is 12. The highest BCUT2D eigenvalue weighted by atomic mass is 32.2. The van der Waals surface area contributed by atoms with Gasteiger partial charge in [0.1, 0.15) is 5.69 Å². The molecular formula is C28H37N7O4S2. The Bertz CT molecular complexity index is 1460. The number of thiazole rings is 1. The summed E-state index contributed by atoms with van der Waals surface area (Å²) in [5.74, 6) is 0.0905. The van der Waals surface area contributed by atoms with Crippen molar-refractivity contribution in [1.82, 2.24) is 30.2 Å². The van der Waals surface area contributed by atoms with Gasteiger partial charge in [0.05, 0.1) is 46.6 Å². The number of hydrogen-bond acceptors (Lipinski definition) is 10. The van der Waals surface area contributed by atoms with Crippen LogP contribution in [0.15, 0.2) is 36.9 Å². The van der Waals surface area contributed by atoms with Gasteiger partial charge >= 0.3 is 0 Å². The molecule has 2 unspecified atom stereocenters. The second kappa shape index (κ2) is 12.8. The lowest BCUT2D eigenvalue weighted by Crippen LogP contribution is -2.46. The number of aromatic nitrogens is 4. The third-order valence-electron chi connectivity index (χ3n) is 7.37. The van der Waals surface area contributed by atoms with Gasteiger partial charge in [-0.2, -0.15) is 0 Å². The van der Waals surface area contributed by atoms with Crippen molar-refractivity contribution in [2.24, 2.45) is 0 Å². The number of carbonyl (C=O) groups excluding carboxylic acids is 1. The molecule has 220 valence electrons. The zero-order valence-electron chi connectivity index (χ0n) is 23.6. The molecule has 0 radical (unpaired) electrons. The molecule has 2 N–H and O–H groups in total. The van der Waals surface area contributed by atoms with E-state index in [0.29, 0.717) is 64.8 Å². The van der Waals surface area contributed by atoms with Crippen molar-refractivity contribution in [1.29, 1.82) is 0 Å². The molecule has 2 fully saturated rings. The maximum absolute atomic E-state index is 13.5. The highest BCUT2D eigenvalue weighted by molar-refractivity contribution is 7.93. The molecule has 3 aromatic heterocycles. The molecule has 1 amide bonds. The Labute approximate surface area is 245 Å². The molecule has 3 aromatic rings. The van der Waals surface area contributed by atoms with Gasteiger partial charge in [-0.15, -0.1) is 11.3 Å². The molecule has 41 heavy (non-hydrogen) atoms. The highest BCUT2D eigenvalue weighted by Crippen LogP contribution is 2.32. The first kappa shape index (κ1) is 29.3. The molecule has 4 heterocycles. The van der Waals surface area contributed by atoms with Crippen LogP contribution in [0.25, 0.3) is 10.6 Å². The minimum Gasteiger partial charge on any atom is -0.477 e. The first-order valence-corrected chi connectivity index (χ1v) is 16.5. The number of amides is 1. The SMILES string of the molecule is CCOc1cncc(-c2cnc(C(=O)NC(CC3CCCCN3C(C)C)c3cc(NS(=O)(=O)C4CC4)ccn3)s2)n1. The standard InChI is InChI=1S/C28H37N7O4S2/c1-4-39-26-17-29-15-24(32-26)25-16-31-28(40-25)27(36)33-23(14-20-7-5-6-12-35(20)18(2)3)22-13-19(10-11-30-22)34-41(37,38)21-8-9-21/h10-11,13,15-18,20-21,23H,4-9,12,14H2,1-3H3,(H,30,34)(H,33,36). The lowest BCUT2D eigenvalue weighted by Gasteiger charge is -2.40. The minimum atomic E-state index is -3.43. The molecule has 1 aliphatic carbocycles. The summed E-state index contributed by atoms with van der Waals surface area (Å²) < 4.78 is 33.3. The maximum atomic E-state index is 13.5. The van der Waals surface area contributed by atoms with Crippen molar-refractivity contribution >= 4 is 33.0 Å². The van der Waals surface area contributed by atoms with Crippen LogP contribution in [0.1, 0.15) is 80.8 Å². The van der Waals surface area contributed by atoms with Gasteiger partial charge in [0.25, 0.3) is 5.91 Å². The minimum absolute atomic E-state index is 0.256. The van der Waals surface area contributed by atoms with Gasteiger partial charge in [0.15, 0.2) is 5.01 Å². The van der Waals surface area contributed by atoms with Crippen molar-refractivity contribution in [2.75, 3.05) is 17.9 Å². The third-order valence-corrected chi connectivity index (χ3v) is 10.3. The van der Waals surface area contributed by atoms with Gasteiger partial charge < -0.3 is 10.1 Å². The van der Waals surface area contributed by atoms with Crippen molar-refractivity contribution in [3.63, 3.8) is 0 Å². The smallest absolute Gasteiger partial charge is 0.280 e. The molecule has 0 bridgehead atoms. The second-order valence-corrected chi connectivity index (χ2v) is 13.8. The fourth-order valence-electron chi connectivity index (χ4n) is 5.21. The van der Waals surface area contributed by atoms with Crippen LogP contribution in [0.4, 0.5) is 5.69 Å². The van der Waals surface area contributed by atoms with Crippen LogP contribution < -0.4 is 14.8 Å². The topological polar surface area (TPSA) is 139 Å².